The number of aliphatic hydroxyl groups is 1. The van der Waals surface area contributed by atoms with E-state index in [0.29, 0.717) is 12.3 Å². The van der Waals surface area contributed by atoms with E-state index in [2.05, 4.69) is 9.97 Å². The van der Waals surface area contributed by atoms with Crippen molar-refractivity contribution < 1.29 is 9.84 Å². The quantitative estimate of drug-likeness (QED) is 0.874. The summed E-state index contributed by atoms with van der Waals surface area (Å²) in [4.78, 5) is 8.21. The molecule has 0 amide bonds. The van der Waals surface area contributed by atoms with Crippen LogP contribution >= 0.6 is 0 Å². The Balaban J connectivity index is 2.11. The third kappa shape index (κ3) is 3.01. The van der Waals surface area contributed by atoms with Gasteiger partial charge >= 0.3 is 0 Å². The summed E-state index contributed by atoms with van der Waals surface area (Å²) in [5, 5.41) is 8.81. The van der Waals surface area contributed by atoms with Gasteiger partial charge in [-0.1, -0.05) is 12.1 Å². The van der Waals surface area contributed by atoms with Gasteiger partial charge in [0.1, 0.15) is 5.75 Å². The van der Waals surface area contributed by atoms with E-state index in [0.717, 1.165) is 17.0 Å². The second-order valence-electron chi connectivity index (χ2n) is 3.67. The number of rotatable bonds is 4. The maximum absolute atomic E-state index is 8.81. The molecule has 88 valence electrons. The molecular formula is C13H14N2O2. The summed E-state index contributed by atoms with van der Waals surface area (Å²) < 4.78 is 5.61. The van der Waals surface area contributed by atoms with Crippen molar-refractivity contribution in [1.82, 2.24) is 9.97 Å². The zero-order chi connectivity index (χ0) is 12.1. The Morgan fingerprint density at radius 3 is 2.47 bits per heavy atom. The standard InChI is InChI=1S/C13H14N2O2/c1-10-13(15-8-7-14-10)17-12-4-2-11(3-5-12)6-9-16/h2-5,7-8,16H,6,9H2,1H3. The van der Waals surface area contributed by atoms with E-state index >= 15 is 0 Å². The van der Waals surface area contributed by atoms with Gasteiger partial charge < -0.3 is 9.84 Å². The molecule has 0 saturated heterocycles. The summed E-state index contributed by atoms with van der Waals surface area (Å²) >= 11 is 0. The normalized spacial score (nSPS) is 10.2. The minimum atomic E-state index is 0.156. The summed E-state index contributed by atoms with van der Waals surface area (Å²) in [7, 11) is 0. The molecule has 0 aliphatic carbocycles. The highest BCUT2D eigenvalue weighted by molar-refractivity contribution is 5.31. The van der Waals surface area contributed by atoms with E-state index < -0.39 is 0 Å². The molecule has 0 bridgehead atoms. The van der Waals surface area contributed by atoms with Crippen LogP contribution in [-0.4, -0.2) is 21.7 Å². The predicted molar refractivity (Wildman–Crippen MR) is 64.1 cm³/mol. The van der Waals surface area contributed by atoms with Crippen LogP contribution in [0.25, 0.3) is 0 Å². The van der Waals surface area contributed by atoms with Crippen molar-refractivity contribution in [2.75, 3.05) is 6.61 Å². The average molecular weight is 230 g/mol. The van der Waals surface area contributed by atoms with Crippen LogP contribution in [0.1, 0.15) is 11.3 Å². The molecule has 1 heterocycles. The Labute approximate surface area is 99.9 Å². The van der Waals surface area contributed by atoms with E-state index in [-0.39, 0.29) is 6.61 Å². The molecule has 4 nitrogen and oxygen atoms in total. The van der Waals surface area contributed by atoms with Gasteiger partial charge in [-0.25, -0.2) is 4.98 Å². The molecule has 1 aromatic heterocycles. The number of nitrogens with zero attached hydrogens (tertiary/aromatic N) is 2. The molecule has 0 saturated carbocycles. The molecule has 0 aliphatic heterocycles. The molecule has 0 spiro atoms. The van der Waals surface area contributed by atoms with Gasteiger partial charge in [0, 0.05) is 19.0 Å². The van der Waals surface area contributed by atoms with Gasteiger partial charge in [0.15, 0.2) is 0 Å². The van der Waals surface area contributed by atoms with E-state index in [1.807, 2.05) is 31.2 Å². The minimum absolute atomic E-state index is 0.156. The molecule has 0 radical (unpaired) electrons. The molecule has 1 N–H and O–H groups in total. The van der Waals surface area contributed by atoms with Crippen LogP contribution < -0.4 is 4.74 Å². The molecule has 0 aliphatic rings. The zero-order valence-electron chi connectivity index (χ0n) is 9.63. The third-order valence-corrected chi connectivity index (χ3v) is 2.37. The molecule has 0 fully saturated rings. The maximum atomic E-state index is 8.81. The largest absolute Gasteiger partial charge is 0.437 e. The molecule has 0 atom stereocenters. The number of benzene rings is 1. The lowest BCUT2D eigenvalue weighted by Crippen LogP contribution is -1.94. The lowest BCUT2D eigenvalue weighted by Gasteiger charge is -2.06. The third-order valence-electron chi connectivity index (χ3n) is 2.37. The second-order valence-corrected chi connectivity index (χ2v) is 3.67. The lowest BCUT2D eigenvalue weighted by molar-refractivity contribution is 0.299. The van der Waals surface area contributed by atoms with Gasteiger partial charge in [-0.05, 0) is 31.0 Å². The SMILES string of the molecule is Cc1nccnc1Oc1ccc(CCO)cc1. The summed E-state index contributed by atoms with van der Waals surface area (Å²) in [5.41, 5.74) is 1.84. The molecule has 2 aromatic rings. The first-order valence-corrected chi connectivity index (χ1v) is 5.45. The van der Waals surface area contributed by atoms with Crippen molar-refractivity contribution in [3.8, 4) is 11.6 Å². The molecule has 0 unspecified atom stereocenters. The summed E-state index contributed by atoms with van der Waals surface area (Å²) in [6.07, 6.45) is 3.89. The van der Waals surface area contributed by atoms with Crippen LogP contribution in [-0.2, 0) is 6.42 Å². The maximum Gasteiger partial charge on any atom is 0.240 e. The Kier molecular flexibility index (Phi) is 3.67. The topological polar surface area (TPSA) is 55.2 Å². The molecule has 1 aromatic carbocycles. The van der Waals surface area contributed by atoms with Crippen molar-refractivity contribution in [2.45, 2.75) is 13.3 Å². The van der Waals surface area contributed by atoms with Crippen LogP contribution in [0, 0.1) is 6.92 Å². The Hall–Kier alpha value is -1.94. The highest BCUT2D eigenvalue weighted by Gasteiger charge is 2.02. The van der Waals surface area contributed by atoms with Gasteiger partial charge in [-0.2, -0.15) is 0 Å². The first-order valence-electron chi connectivity index (χ1n) is 5.45. The van der Waals surface area contributed by atoms with Crippen LogP contribution in [0.4, 0.5) is 0 Å². The summed E-state index contributed by atoms with van der Waals surface area (Å²) in [5.74, 6) is 1.23. The van der Waals surface area contributed by atoms with Crippen molar-refractivity contribution in [3.05, 3.63) is 47.9 Å². The Morgan fingerprint density at radius 2 is 1.82 bits per heavy atom. The first-order chi connectivity index (χ1) is 8.29. The fraction of sp³-hybridized carbons (Fsp3) is 0.231. The van der Waals surface area contributed by atoms with E-state index in [1.165, 1.54) is 0 Å². The summed E-state index contributed by atoms with van der Waals surface area (Å²) in [6, 6.07) is 7.58. The minimum Gasteiger partial charge on any atom is -0.437 e. The highest BCUT2D eigenvalue weighted by Crippen LogP contribution is 2.21. The predicted octanol–water partition coefficient (Wildman–Crippen LogP) is 2.11. The van der Waals surface area contributed by atoms with Crippen LogP contribution in [0.5, 0.6) is 11.6 Å². The molecule has 4 heteroatoms. The second kappa shape index (κ2) is 5.41. The number of aromatic nitrogens is 2. The van der Waals surface area contributed by atoms with Gasteiger partial charge in [0.25, 0.3) is 0 Å². The van der Waals surface area contributed by atoms with Gasteiger partial charge in [-0.15, -0.1) is 0 Å². The average Bonchev–Trinajstić information content (AvgIpc) is 2.35. The van der Waals surface area contributed by atoms with Gasteiger partial charge in [0.2, 0.25) is 5.88 Å². The summed E-state index contributed by atoms with van der Waals surface area (Å²) in [6.45, 7) is 2.01. The van der Waals surface area contributed by atoms with Gasteiger partial charge in [-0.3, -0.25) is 4.98 Å². The van der Waals surface area contributed by atoms with Crippen molar-refractivity contribution in [1.29, 1.82) is 0 Å². The molecule has 2 rings (SSSR count). The Morgan fingerprint density at radius 1 is 1.12 bits per heavy atom. The molecule has 17 heavy (non-hydrogen) atoms. The van der Waals surface area contributed by atoms with Crippen LogP contribution in [0.2, 0.25) is 0 Å². The number of ether oxygens (including phenoxy) is 1. The zero-order valence-corrected chi connectivity index (χ0v) is 9.63. The lowest BCUT2D eigenvalue weighted by atomic mass is 10.1. The van der Waals surface area contributed by atoms with E-state index in [9.17, 15) is 0 Å². The van der Waals surface area contributed by atoms with Crippen molar-refractivity contribution >= 4 is 0 Å². The Bertz CT molecular complexity index is 483. The van der Waals surface area contributed by atoms with E-state index in [1.54, 1.807) is 12.4 Å². The fourth-order valence-corrected chi connectivity index (χ4v) is 1.46. The molecular weight excluding hydrogens is 216 g/mol. The van der Waals surface area contributed by atoms with E-state index in [4.69, 9.17) is 9.84 Å². The monoisotopic (exact) mass is 230 g/mol. The fourth-order valence-electron chi connectivity index (χ4n) is 1.46. The van der Waals surface area contributed by atoms with Crippen LogP contribution in [0.15, 0.2) is 36.7 Å². The van der Waals surface area contributed by atoms with Gasteiger partial charge in [0.05, 0.1) is 5.69 Å². The smallest absolute Gasteiger partial charge is 0.240 e. The number of aryl methyl sites for hydroxylation is 1. The number of hydrogen-bond donors (Lipinski definition) is 1. The highest BCUT2D eigenvalue weighted by atomic mass is 16.5. The van der Waals surface area contributed by atoms with Crippen LogP contribution in [0.3, 0.4) is 0 Å². The number of aliphatic hydroxyl groups excluding tert-OH is 1. The van der Waals surface area contributed by atoms with Crippen molar-refractivity contribution in [3.63, 3.8) is 0 Å². The first kappa shape index (κ1) is 11.5. The number of hydrogen-bond acceptors (Lipinski definition) is 4. The van der Waals surface area contributed by atoms with Crippen molar-refractivity contribution in [2.24, 2.45) is 0 Å².